The Hall–Kier alpha value is -0.200. The van der Waals surface area contributed by atoms with Crippen molar-refractivity contribution >= 4 is 45.1 Å². The fraction of sp³-hybridized carbons (Fsp3) is 0.625. The second kappa shape index (κ2) is 7.81. The quantitative estimate of drug-likeness (QED) is 0.478. The summed E-state index contributed by atoms with van der Waals surface area (Å²) in [6, 6.07) is 8.24. The van der Waals surface area contributed by atoms with Gasteiger partial charge >= 0.3 is 10.3 Å². The largest absolute Gasteiger partial charge is 0.354 e. The molecule has 1 aromatic rings. The standard InChI is InChI=1S/C16H18Cl3NO7S/c1-23-15-12-11(20(12)28(21,22)25-8-16(17,18)19)13-10(26-15)7-24-14(27-13)9-5-3-2-4-6-9/h2-6,10-15H,7-8H2,1H3/t10-,11+,12-,13-,14-,15-,20?/m1/s1. The molecule has 4 rings (SSSR count). The average Bonchev–Trinajstić information content (AvgIpc) is 3.43. The zero-order valence-electron chi connectivity index (χ0n) is 14.6. The highest BCUT2D eigenvalue weighted by Crippen LogP contribution is 2.48. The summed E-state index contributed by atoms with van der Waals surface area (Å²) >= 11 is 16.8. The lowest BCUT2D eigenvalue weighted by Gasteiger charge is -2.40. The van der Waals surface area contributed by atoms with Crippen LogP contribution in [0.1, 0.15) is 11.9 Å². The number of fused-ring (bicyclic) bond motifs is 3. The zero-order chi connectivity index (χ0) is 20.1. The van der Waals surface area contributed by atoms with Crippen LogP contribution < -0.4 is 0 Å². The van der Waals surface area contributed by atoms with Crippen molar-refractivity contribution < 1.29 is 31.5 Å². The maximum absolute atomic E-state index is 12.6. The molecular weight excluding hydrogens is 457 g/mol. The Morgan fingerprint density at radius 3 is 2.54 bits per heavy atom. The van der Waals surface area contributed by atoms with Crippen LogP contribution in [0.15, 0.2) is 30.3 Å². The third-order valence-electron chi connectivity index (χ3n) is 4.77. The number of rotatable bonds is 5. The lowest BCUT2D eigenvalue weighted by atomic mass is 10.0. The van der Waals surface area contributed by atoms with Crippen molar-refractivity contribution in [2.24, 2.45) is 0 Å². The van der Waals surface area contributed by atoms with Crippen molar-refractivity contribution in [1.29, 1.82) is 0 Å². The number of alkyl halides is 3. The maximum Gasteiger partial charge on any atom is 0.339 e. The molecule has 12 heteroatoms. The van der Waals surface area contributed by atoms with Crippen LogP contribution >= 0.6 is 34.8 Å². The van der Waals surface area contributed by atoms with E-state index in [-0.39, 0.29) is 6.61 Å². The van der Waals surface area contributed by atoms with Gasteiger partial charge in [-0.2, -0.15) is 12.7 Å². The van der Waals surface area contributed by atoms with Gasteiger partial charge in [-0.25, -0.2) is 0 Å². The van der Waals surface area contributed by atoms with Gasteiger partial charge in [-0.05, 0) is 0 Å². The Labute approximate surface area is 177 Å². The third-order valence-corrected chi connectivity index (χ3v) is 6.51. The molecule has 0 N–H and O–H groups in total. The van der Waals surface area contributed by atoms with Crippen LogP contribution in [0.5, 0.6) is 0 Å². The Kier molecular flexibility index (Phi) is 5.87. The molecule has 0 aliphatic carbocycles. The third kappa shape index (κ3) is 4.15. The summed E-state index contributed by atoms with van der Waals surface area (Å²) in [4.78, 5) is 0. The van der Waals surface area contributed by atoms with Crippen molar-refractivity contribution in [3.05, 3.63) is 35.9 Å². The van der Waals surface area contributed by atoms with Crippen molar-refractivity contribution in [3.8, 4) is 0 Å². The molecule has 28 heavy (non-hydrogen) atoms. The monoisotopic (exact) mass is 473 g/mol. The van der Waals surface area contributed by atoms with Gasteiger partial charge in [-0.3, -0.25) is 4.18 Å². The molecule has 3 aliphatic heterocycles. The molecule has 0 radical (unpaired) electrons. The second-order valence-corrected chi connectivity index (χ2v) is 10.6. The van der Waals surface area contributed by atoms with Gasteiger partial charge in [0.15, 0.2) is 12.6 Å². The number of hydrogen-bond acceptors (Lipinski definition) is 7. The number of methoxy groups -OCH3 is 1. The molecule has 0 saturated carbocycles. The number of halogens is 3. The molecule has 0 bridgehead atoms. The number of nitrogens with zero attached hydrogens (tertiary/aromatic N) is 1. The van der Waals surface area contributed by atoms with Gasteiger partial charge in [0.05, 0.1) is 18.7 Å². The predicted molar refractivity (Wildman–Crippen MR) is 100 cm³/mol. The normalized spacial score (nSPS) is 37.8. The first-order chi connectivity index (χ1) is 13.2. The number of ether oxygens (including phenoxy) is 4. The summed E-state index contributed by atoms with van der Waals surface area (Å²) in [5.41, 5.74) is 0.828. The zero-order valence-corrected chi connectivity index (χ0v) is 17.7. The molecule has 0 amide bonds. The molecule has 156 valence electrons. The van der Waals surface area contributed by atoms with Gasteiger partial charge in [0, 0.05) is 12.7 Å². The molecule has 7 atom stereocenters. The Morgan fingerprint density at radius 1 is 1.18 bits per heavy atom. The summed E-state index contributed by atoms with van der Waals surface area (Å²) in [6.07, 6.45) is -2.45. The molecule has 3 fully saturated rings. The van der Waals surface area contributed by atoms with Gasteiger partial charge in [0.1, 0.15) is 18.8 Å². The van der Waals surface area contributed by atoms with Gasteiger partial charge in [-0.15, -0.1) is 0 Å². The molecule has 3 heterocycles. The average molecular weight is 475 g/mol. The Balaban J connectivity index is 1.53. The first-order valence-electron chi connectivity index (χ1n) is 8.46. The van der Waals surface area contributed by atoms with Gasteiger partial charge < -0.3 is 18.9 Å². The van der Waals surface area contributed by atoms with Crippen molar-refractivity contribution in [2.75, 3.05) is 20.3 Å². The molecule has 8 nitrogen and oxygen atoms in total. The fourth-order valence-electron chi connectivity index (χ4n) is 3.56. The highest BCUT2D eigenvalue weighted by atomic mass is 35.6. The smallest absolute Gasteiger partial charge is 0.339 e. The number of hydrogen-bond donors (Lipinski definition) is 0. The van der Waals surface area contributed by atoms with E-state index in [9.17, 15) is 8.42 Å². The fourth-order valence-corrected chi connectivity index (χ4v) is 5.38. The van der Waals surface area contributed by atoms with Crippen LogP contribution in [0.25, 0.3) is 0 Å². The highest BCUT2D eigenvalue weighted by Gasteiger charge is 2.69. The van der Waals surface area contributed by atoms with Crippen LogP contribution in [-0.4, -0.2) is 67.4 Å². The molecule has 3 aliphatic rings. The van der Waals surface area contributed by atoms with Gasteiger partial charge in [-0.1, -0.05) is 65.1 Å². The lowest BCUT2D eigenvalue weighted by Crippen LogP contribution is -2.52. The van der Waals surface area contributed by atoms with E-state index in [0.717, 1.165) is 9.87 Å². The summed E-state index contributed by atoms with van der Waals surface area (Å²) in [7, 11) is -2.74. The van der Waals surface area contributed by atoms with E-state index in [1.807, 2.05) is 30.3 Å². The van der Waals surface area contributed by atoms with Crippen LogP contribution in [0.2, 0.25) is 0 Å². The molecular formula is C16H18Cl3NO7S. The van der Waals surface area contributed by atoms with E-state index in [1.54, 1.807) is 0 Å². The minimum absolute atomic E-state index is 0.232. The number of benzene rings is 1. The summed E-state index contributed by atoms with van der Waals surface area (Å²) < 4.78 is 52.4. The molecule has 3 saturated heterocycles. The van der Waals surface area contributed by atoms with E-state index >= 15 is 0 Å². The van der Waals surface area contributed by atoms with Crippen LogP contribution in [0, 0.1) is 0 Å². The van der Waals surface area contributed by atoms with Gasteiger partial charge in [0.2, 0.25) is 3.79 Å². The summed E-state index contributed by atoms with van der Waals surface area (Å²) in [5, 5.41) is 0. The highest BCUT2D eigenvalue weighted by molar-refractivity contribution is 7.84. The minimum atomic E-state index is -4.18. The van der Waals surface area contributed by atoms with E-state index < -0.39 is 57.6 Å². The Bertz CT molecular complexity index is 806. The van der Waals surface area contributed by atoms with Crippen LogP contribution in [0.3, 0.4) is 0 Å². The SMILES string of the molecule is CO[C@@H]1O[C@@H]2CO[C@@H](c3ccccc3)O[C@H]2[C@@H]2[C@H]1N2S(=O)(=O)OCC(Cl)(Cl)Cl. The van der Waals surface area contributed by atoms with Crippen molar-refractivity contribution in [2.45, 2.75) is 40.7 Å². The lowest BCUT2D eigenvalue weighted by molar-refractivity contribution is -0.304. The molecule has 0 spiro atoms. The van der Waals surface area contributed by atoms with Crippen LogP contribution in [0.4, 0.5) is 0 Å². The van der Waals surface area contributed by atoms with E-state index in [4.69, 9.17) is 57.9 Å². The van der Waals surface area contributed by atoms with Crippen molar-refractivity contribution in [1.82, 2.24) is 4.31 Å². The maximum atomic E-state index is 12.6. The van der Waals surface area contributed by atoms with Crippen molar-refractivity contribution in [3.63, 3.8) is 0 Å². The minimum Gasteiger partial charge on any atom is -0.354 e. The van der Waals surface area contributed by atoms with Crippen LogP contribution in [-0.2, 0) is 33.4 Å². The van der Waals surface area contributed by atoms with E-state index in [2.05, 4.69) is 0 Å². The Morgan fingerprint density at radius 2 is 1.89 bits per heavy atom. The first kappa shape index (κ1) is 21.0. The predicted octanol–water partition coefficient (Wildman–Crippen LogP) is 2.16. The molecule has 1 aromatic carbocycles. The van der Waals surface area contributed by atoms with E-state index in [1.165, 1.54) is 7.11 Å². The van der Waals surface area contributed by atoms with E-state index in [0.29, 0.717) is 0 Å². The topological polar surface area (TPSA) is 83.3 Å². The summed E-state index contributed by atoms with van der Waals surface area (Å²) in [5.74, 6) is 0. The summed E-state index contributed by atoms with van der Waals surface area (Å²) in [6.45, 7) is -0.380. The molecule has 0 aromatic heterocycles. The first-order valence-corrected chi connectivity index (χ1v) is 11.0. The van der Waals surface area contributed by atoms with Gasteiger partial charge in [0.25, 0.3) is 0 Å². The second-order valence-electron chi connectivity index (χ2n) is 6.60. The molecule has 1 unspecified atom stereocenters.